The molecule has 0 aliphatic heterocycles. The molecule has 6 nitrogen and oxygen atoms in total. The molecule has 0 atom stereocenters. The third kappa shape index (κ3) is 4.46. The average Bonchev–Trinajstić information content (AvgIpc) is 2.40. The second kappa shape index (κ2) is 6.29. The Morgan fingerprint density at radius 3 is 2.70 bits per heavy atom. The Labute approximate surface area is 132 Å². The molecule has 2 aromatic rings. The zero-order valence-corrected chi connectivity index (χ0v) is 12.1. The first-order valence-corrected chi connectivity index (χ1v) is 6.54. The molecule has 0 saturated heterocycles. The van der Waals surface area contributed by atoms with Crippen molar-refractivity contribution in [2.24, 2.45) is 0 Å². The monoisotopic (exact) mass is 346 g/mol. The molecule has 122 valence electrons. The molecule has 0 aromatic carbocycles. The van der Waals surface area contributed by atoms with Gasteiger partial charge in [0, 0.05) is 11.8 Å². The van der Waals surface area contributed by atoms with Gasteiger partial charge in [0.05, 0.1) is 0 Å². The summed E-state index contributed by atoms with van der Waals surface area (Å²) in [5, 5.41) is 2.20. The SMILES string of the molecule is Nc1cc(C(=O)Nc2cccn(CC(F)(F)F)c2=O)cc(Cl)n1. The number of alkyl halides is 3. The van der Waals surface area contributed by atoms with Crippen LogP contribution in [0.25, 0.3) is 0 Å². The maximum Gasteiger partial charge on any atom is 0.406 e. The van der Waals surface area contributed by atoms with Crippen molar-refractivity contribution in [2.75, 3.05) is 11.1 Å². The summed E-state index contributed by atoms with van der Waals surface area (Å²) in [6.07, 6.45) is -3.58. The lowest BCUT2D eigenvalue weighted by atomic mass is 10.2. The number of carbonyl (C=O) groups is 1. The highest BCUT2D eigenvalue weighted by atomic mass is 35.5. The number of nitrogens with two attached hydrogens (primary N) is 1. The third-order valence-electron chi connectivity index (χ3n) is 2.69. The Morgan fingerprint density at radius 1 is 1.39 bits per heavy atom. The van der Waals surface area contributed by atoms with Crippen LogP contribution >= 0.6 is 11.6 Å². The van der Waals surface area contributed by atoms with E-state index in [4.69, 9.17) is 17.3 Å². The van der Waals surface area contributed by atoms with Crippen LogP contribution in [0.1, 0.15) is 10.4 Å². The van der Waals surface area contributed by atoms with E-state index in [1.165, 1.54) is 24.3 Å². The van der Waals surface area contributed by atoms with Crippen LogP contribution in [0.5, 0.6) is 0 Å². The Kier molecular flexibility index (Phi) is 4.60. The molecule has 0 saturated carbocycles. The van der Waals surface area contributed by atoms with Crippen LogP contribution in [-0.4, -0.2) is 21.6 Å². The van der Waals surface area contributed by atoms with Crippen molar-refractivity contribution in [2.45, 2.75) is 12.7 Å². The number of anilines is 2. The number of aromatic nitrogens is 2. The number of nitrogen functional groups attached to an aromatic ring is 1. The summed E-state index contributed by atoms with van der Waals surface area (Å²) in [5.41, 5.74) is 4.19. The molecule has 0 radical (unpaired) electrons. The first-order chi connectivity index (χ1) is 10.7. The molecule has 10 heteroatoms. The lowest BCUT2D eigenvalue weighted by Crippen LogP contribution is -2.30. The van der Waals surface area contributed by atoms with Crippen LogP contribution in [0.2, 0.25) is 5.15 Å². The van der Waals surface area contributed by atoms with E-state index in [1.807, 2.05) is 0 Å². The molecule has 0 aliphatic carbocycles. The van der Waals surface area contributed by atoms with Gasteiger partial charge in [0.1, 0.15) is 23.2 Å². The average molecular weight is 347 g/mol. The van der Waals surface area contributed by atoms with Gasteiger partial charge < -0.3 is 15.6 Å². The highest BCUT2D eigenvalue weighted by Gasteiger charge is 2.28. The van der Waals surface area contributed by atoms with Gasteiger partial charge >= 0.3 is 6.18 Å². The number of nitrogens with one attached hydrogen (secondary N) is 1. The molecule has 0 aliphatic rings. The molecule has 2 aromatic heterocycles. The lowest BCUT2D eigenvalue weighted by molar-refractivity contribution is -0.141. The standard InChI is InChI=1S/C13H10ClF3N4O2/c14-9-4-7(5-10(18)20-9)11(22)19-8-2-1-3-21(12(8)23)6-13(15,16)17/h1-5H,6H2,(H2,18,20)(H,19,22). The van der Waals surface area contributed by atoms with E-state index in [2.05, 4.69) is 10.3 Å². The second-order valence-corrected chi connectivity index (χ2v) is 4.91. The minimum Gasteiger partial charge on any atom is -0.384 e. The van der Waals surface area contributed by atoms with Crippen LogP contribution in [0.3, 0.4) is 0 Å². The van der Waals surface area contributed by atoms with Crippen molar-refractivity contribution in [3.8, 4) is 0 Å². The van der Waals surface area contributed by atoms with Gasteiger partial charge in [0.2, 0.25) is 0 Å². The van der Waals surface area contributed by atoms with E-state index in [9.17, 15) is 22.8 Å². The summed E-state index contributed by atoms with van der Waals surface area (Å²) in [4.78, 5) is 27.6. The minimum atomic E-state index is -4.56. The van der Waals surface area contributed by atoms with Gasteiger partial charge in [0.15, 0.2) is 0 Å². The summed E-state index contributed by atoms with van der Waals surface area (Å²) in [6.45, 7) is -1.45. The zero-order chi connectivity index (χ0) is 17.2. The van der Waals surface area contributed by atoms with Crippen LogP contribution in [0.4, 0.5) is 24.7 Å². The number of halogens is 4. The number of hydrogen-bond acceptors (Lipinski definition) is 4. The van der Waals surface area contributed by atoms with Crippen molar-refractivity contribution < 1.29 is 18.0 Å². The highest BCUT2D eigenvalue weighted by molar-refractivity contribution is 6.30. The first-order valence-electron chi connectivity index (χ1n) is 6.16. The van der Waals surface area contributed by atoms with Gasteiger partial charge in [0.25, 0.3) is 11.5 Å². The fourth-order valence-corrected chi connectivity index (χ4v) is 2.01. The number of carbonyl (C=O) groups excluding carboxylic acids is 1. The summed E-state index contributed by atoms with van der Waals surface area (Å²) in [5.74, 6) is -0.756. The number of nitrogens with zero attached hydrogens (tertiary/aromatic N) is 2. The molecule has 2 rings (SSSR count). The lowest BCUT2D eigenvalue weighted by Gasteiger charge is -2.11. The van der Waals surface area contributed by atoms with Crippen LogP contribution in [0.15, 0.2) is 35.3 Å². The number of hydrogen-bond donors (Lipinski definition) is 2. The molecule has 23 heavy (non-hydrogen) atoms. The Morgan fingerprint density at radius 2 is 2.09 bits per heavy atom. The molecule has 0 fully saturated rings. The molecular weight excluding hydrogens is 337 g/mol. The van der Waals surface area contributed by atoms with Crippen molar-refractivity contribution in [3.63, 3.8) is 0 Å². The van der Waals surface area contributed by atoms with Gasteiger partial charge in [-0.1, -0.05) is 11.6 Å². The smallest absolute Gasteiger partial charge is 0.384 e. The van der Waals surface area contributed by atoms with E-state index in [0.29, 0.717) is 4.57 Å². The zero-order valence-electron chi connectivity index (χ0n) is 11.4. The molecule has 0 bridgehead atoms. The number of amides is 1. The summed E-state index contributed by atoms with van der Waals surface area (Å²) < 4.78 is 37.6. The van der Waals surface area contributed by atoms with Gasteiger partial charge in [-0.2, -0.15) is 13.2 Å². The van der Waals surface area contributed by atoms with Gasteiger partial charge in [-0.25, -0.2) is 4.98 Å². The molecule has 3 N–H and O–H groups in total. The number of rotatable bonds is 3. The fourth-order valence-electron chi connectivity index (χ4n) is 1.79. The Hall–Kier alpha value is -2.55. The summed E-state index contributed by atoms with van der Waals surface area (Å²) in [7, 11) is 0. The first kappa shape index (κ1) is 16.8. The minimum absolute atomic E-state index is 0.00908. The van der Waals surface area contributed by atoms with E-state index in [0.717, 1.165) is 6.20 Å². The van der Waals surface area contributed by atoms with Gasteiger partial charge in [-0.05, 0) is 24.3 Å². The normalized spacial score (nSPS) is 11.3. The van der Waals surface area contributed by atoms with E-state index in [-0.39, 0.29) is 22.2 Å². The fraction of sp³-hybridized carbons (Fsp3) is 0.154. The largest absolute Gasteiger partial charge is 0.406 e. The molecule has 1 amide bonds. The molecule has 0 unspecified atom stereocenters. The second-order valence-electron chi connectivity index (χ2n) is 4.53. The number of pyridine rings is 2. The maximum atomic E-state index is 12.4. The van der Waals surface area contributed by atoms with Crippen LogP contribution < -0.4 is 16.6 Å². The predicted molar refractivity (Wildman–Crippen MR) is 78.4 cm³/mol. The topological polar surface area (TPSA) is 90.0 Å². The maximum absolute atomic E-state index is 12.4. The van der Waals surface area contributed by atoms with Crippen molar-refractivity contribution in [1.82, 2.24) is 9.55 Å². The van der Waals surface area contributed by atoms with Crippen molar-refractivity contribution in [3.05, 3.63) is 51.5 Å². The molecule has 2 heterocycles. The Balaban J connectivity index is 2.28. The van der Waals surface area contributed by atoms with Gasteiger partial charge in [-0.15, -0.1) is 0 Å². The molecular formula is C13H10ClF3N4O2. The summed E-state index contributed by atoms with van der Waals surface area (Å²) in [6, 6.07) is 4.85. The van der Waals surface area contributed by atoms with Crippen molar-refractivity contribution >= 4 is 29.0 Å². The van der Waals surface area contributed by atoms with Crippen molar-refractivity contribution in [1.29, 1.82) is 0 Å². The van der Waals surface area contributed by atoms with E-state index < -0.39 is 24.2 Å². The highest BCUT2D eigenvalue weighted by Crippen LogP contribution is 2.17. The van der Waals surface area contributed by atoms with Crippen LogP contribution in [-0.2, 0) is 6.54 Å². The predicted octanol–water partition coefficient (Wildman–Crippen LogP) is 2.29. The third-order valence-corrected chi connectivity index (χ3v) is 2.89. The Bertz CT molecular complexity index is 784. The van der Waals surface area contributed by atoms with E-state index >= 15 is 0 Å². The summed E-state index contributed by atoms with van der Waals surface area (Å²) >= 11 is 5.66. The van der Waals surface area contributed by atoms with Gasteiger partial charge in [-0.3, -0.25) is 9.59 Å². The molecule has 0 spiro atoms. The van der Waals surface area contributed by atoms with E-state index in [1.54, 1.807) is 0 Å². The quantitative estimate of drug-likeness (QED) is 0.834. The van der Waals surface area contributed by atoms with Crippen LogP contribution in [0, 0.1) is 0 Å².